The van der Waals surface area contributed by atoms with Gasteiger partial charge >= 0.3 is 0 Å². The van der Waals surface area contributed by atoms with Crippen molar-refractivity contribution < 1.29 is 9.59 Å². The predicted molar refractivity (Wildman–Crippen MR) is 82.7 cm³/mol. The van der Waals surface area contributed by atoms with E-state index in [1.54, 1.807) is 0 Å². The summed E-state index contributed by atoms with van der Waals surface area (Å²) in [6.45, 7) is 7.87. The van der Waals surface area contributed by atoms with Crippen molar-refractivity contribution in [1.82, 2.24) is 10.2 Å². The Labute approximate surface area is 126 Å². The quantitative estimate of drug-likeness (QED) is 0.867. The van der Waals surface area contributed by atoms with Crippen molar-refractivity contribution in [3.05, 3.63) is 0 Å². The second kappa shape index (κ2) is 5.96. The molecule has 4 nitrogen and oxygen atoms in total. The van der Waals surface area contributed by atoms with Gasteiger partial charge in [-0.2, -0.15) is 11.8 Å². The minimum absolute atomic E-state index is 0.0159. The number of thioether (sulfide) groups is 1. The van der Waals surface area contributed by atoms with E-state index in [1.165, 1.54) is 0 Å². The number of hydrogen-bond donors (Lipinski definition) is 1. The number of carbonyl (C=O) groups excluding carboxylic acids is 2. The molecule has 2 fully saturated rings. The fourth-order valence-electron chi connectivity index (χ4n) is 3.16. The van der Waals surface area contributed by atoms with Crippen molar-refractivity contribution in [2.45, 2.75) is 64.6 Å². The monoisotopic (exact) mass is 298 g/mol. The van der Waals surface area contributed by atoms with Crippen LogP contribution < -0.4 is 5.32 Å². The largest absolute Gasteiger partial charge is 0.340 e. The number of hydrogen-bond acceptors (Lipinski definition) is 3. The minimum Gasteiger partial charge on any atom is -0.340 e. The zero-order valence-electron chi connectivity index (χ0n) is 12.9. The van der Waals surface area contributed by atoms with Crippen molar-refractivity contribution in [2.24, 2.45) is 5.92 Å². The third-order valence-corrected chi connectivity index (χ3v) is 5.65. The van der Waals surface area contributed by atoms with Crippen molar-refractivity contribution in [3.63, 3.8) is 0 Å². The molecule has 2 aliphatic rings. The summed E-state index contributed by atoms with van der Waals surface area (Å²) in [4.78, 5) is 27.4. The normalized spacial score (nSPS) is 32.6. The summed E-state index contributed by atoms with van der Waals surface area (Å²) in [6, 6.07) is -0.0803. The lowest BCUT2D eigenvalue weighted by Crippen LogP contribution is -2.72. The maximum absolute atomic E-state index is 12.9. The van der Waals surface area contributed by atoms with Crippen molar-refractivity contribution in [1.29, 1.82) is 0 Å². The maximum Gasteiger partial charge on any atom is 0.248 e. The van der Waals surface area contributed by atoms with Gasteiger partial charge in [-0.15, -0.1) is 0 Å². The number of nitrogens with one attached hydrogen (secondary N) is 1. The number of carbonyl (C=O) groups is 2. The van der Waals surface area contributed by atoms with E-state index < -0.39 is 5.54 Å². The van der Waals surface area contributed by atoms with Crippen LogP contribution >= 0.6 is 11.8 Å². The molecule has 0 aromatic carbocycles. The fourth-order valence-corrected chi connectivity index (χ4v) is 4.24. The second-order valence-corrected chi connectivity index (χ2v) is 7.64. The highest BCUT2D eigenvalue weighted by molar-refractivity contribution is 7.99. The number of nitrogens with zero attached hydrogens (tertiary/aromatic N) is 1. The molecule has 0 saturated carbocycles. The summed E-state index contributed by atoms with van der Waals surface area (Å²) in [5.41, 5.74) is -0.729. The van der Waals surface area contributed by atoms with E-state index in [9.17, 15) is 9.59 Å². The third-order valence-electron chi connectivity index (χ3n) is 4.60. The van der Waals surface area contributed by atoms with Gasteiger partial charge < -0.3 is 10.2 Å². The zero-order chi connectivity index (χ0) is 14.9. The average Bonchev–Trinajstić information content (AvgIpc) is 2.43. The van der Waals surface area contributed by atoms with Gasteiger partial charge in [0.25, 0.3) is 0 Å². The Balaban J connectivity index is 2.33. The molecule has 0 aromatic rings. The molecule has 114 valence electrons. The Morgan fingerprint density at radius 2 is 1.95 bits per heavy atom. The van der Waals surface area contributed by atoms with Crippen LogP contribution in [-0.2, 0) is 9.59 Å². The summed E-state index contributed by atoms with van der Waals surface area (Å²) in [5, 5.41) is 2.96. The minimum atomic E-state index is -0.729. The topological polar surface area (TPSA) is 49.4 Å². The van der Waals surface area contributed by atoms with Crippen LogP contribution in [0.25, 0.3) is 0 Å². The zero-order valence-corrected chi connectivity index (χ0v) is 13.8. The second-order valence-electron chi connectivity index (χ2n) is 6.42. The smallest absolute Gasteiger partial charge is 0.248 e. The van der Waals surface area contributed by atoms with E-state index in [4.69, 9.17) is 0 Å². The average molecular weight is 298 g/mol. The molecule has 2 aliphatic heterocycles. The lowest BCUT2D eigenvalue weighted by Gasteiger charge is -2.49. The van der Waals surface area contributed by atoms with E-state index in [1.807, 2.05) is 44.4 Å². The van der Waals surface area contributed by atoms with Gasteiger partial charge in [-0.1, -0.05) is 20.8 Å². The first-order chi connectivity index (χ1) is 9.40. The lowest BCUT2D eigenvalue weighted by atomic mass is 9.86. The summed E-state index contributed by atoms with van der Waals surface area (Å²) in [7, 11) is 0. The summed E-state index contributed by atoms with van der Waals surface area (Å²) >= 11 is 1.94. The molecule has 2 rings (SSSR count). The molecule has 20 heavy (non-hydrogen) atoms. The van der Waals surface area contributed by atoms with Crippen molar-refractivity contribution >= 4 is 23.6 Å². The summed E-state index contributed by atoms with van der Waals surface area (Å²) < 4.78 is 0. The van der Waals surface area contributed by atoms with Gasteiger partial charge in [-0.05, 0) is 43.6 Å². The lowest BCUT2D eigenvalue weighted by molar-refractivity contribution is -0.159. The third kappa shape index (κ3) is 2.69. The van der Waals surface area contributed by atoms with Crippen LogP contribution in [-0.4, -0.2) is 45.8 Å². The van der Waals surface area contributed by atoms with Crippen molar-refractivity contribution in [2.75, 3.05) is 11.5 Å². The molecule has 5 heteroatoms. The van der Waals surface area contributed by atoms with E-state index in [-0.39, 0.29) is 29.8 Å². The van der Waals surface area contributed by atoms with E-state index in [2.05, 4.69) is 5.32 Å². The Kier molecular flexibility index (Phi) is 4.67. The van der Waals surface area contributed by atoms with Crippen LogP contribution in [0.3, 0.4) is 0 Å². The highest BCUT2D eigenvalue weighted by Gasteiger charge is 2.50. The first-order valence-electron chi connectivity index (χ1n) is 7.63. The first-order valence-corrected chi connectivity index (χ1v) is 8.78. The highest BCUT2D eigenvalue weighted by atomic mass is 32.2. The van der Waals surface area contributed by atoms with Crippen LogP contribution in [0.5, 0.6) is 0 Å². The molecule has 2 saturated heterocycles. The fraction of sp³-hybridized carbons (Fsp3) is 0.867. The molecule has 0 radical (unpaired) electrons. The number of piperazine rings is 1. The van der Waals surface area contributed by atoms with Crippen LogP contribution in [0.2, 0.25) is 0 Å². The van der Waals surface area contributed by atoms with Gasteiger partial charge in [-0.3, -0.25) is 9.59 Å². The standard InChI is InChI=1S/C15H26N2O2S/c1-5-15(4)14(19)17(11-6-8-20-9-7-11)12(10(2)3)13(18)16-15/h10-12H,5-9H2,1-4H3,(H,16,18). The molecule has 0 aliphatic carbocycles. The molecular weight excluding hydrogens is 272 g/mol. The van der Waals surface area contributed by atoms with Gasteiger partial charge in [0.05, 0.1) is 0 Å². The molecule has 0 aromatic heterocycles. The van der Waals surface area contributed by atoms with Gasteiger partial charge in [0.15, 0.2) is 0 Å². The van der Waals surface area contributed by atoms with Crippen LogP contribution in [0, 0.1) is 5.92 Å². The molecular formula is C15H26N2O2S. The van der Waals surface area contributed by atoms with Crippen LogP contribution in [0.4, 0.5) is 0 Å². The molecule has 1 N–H and O–H groups in total. The van der Waals surface area contributed by atoms with Gasteiger partial charge in [0.1, 0.15) is 11.6 Å². The predicted octanol–water partition coefficient (Wildman–Crippen LogP) is 2.03. The summed E-state index contributed by atoms with van der Waals surface area (Å²) in [6.07, 6.45) is 2.65. The van der Waals surface area contributed by atoms with Crippen LogP contribution in [0.15, 0.2) is 0 Å². The first kappa shape index (κ1) is 15.7. The molecule has 2 atom stereocenters. The number of amides is 2. The van der Waals surface area contributed by atoms with E-state index in [0.717, 1.165) is 24.3 Å². The maximum atomic E-state index is 12.9. The number of rotatable bonds is 3. The van der Waals surface area contributed by atoms with Crippen molar-refractivity contribution in [3.8, 4) is 0 Å². The molecule has 0 bridgehead atoms. The van der Waals surface area contributed by atoms with Crippen LogP contribution in [0.1, 0.15) is 47.0 Å². The Hall–Kier alpha value is -0.710. The molecule has 0 spiro atoms. The Morgan fingerprint density at radius 3 is 2.45 bits per heavy atom. The van der Waals surface area contributed by atoms with Gasteiger partial charge in [0.2, 0.25) is 11.8 Å². The SMILES string of the molecule is CCC1(C)NC(=O)C(C(C)C)N(C2CCSCC2)C1=O. The highest BCUT2D eigenvalue weighted by Crippen LogP contribution is 2.31. The molecule has 2 heterocycles. The summed E-state index contributed by atoms with van der Waals surface area (Å²) in [5.74, 6) is 2.44. The molecule has 2 amide bonds. The van der Waals surface area contributed by atoms with Gasteiger partial charge in [0, 0.05) is 6.04 Å². The van der Waals surface area contributed by atoms with E-state index >= 15 is 0 Å². The van der Waals surface area contributed by atoms with Gasteiger partial charge in [-0.25, -0.2) is 0 Å². The molecule has 2 unspecified atom stereocenters. The Morgan fingerprint density at radius 1 is 1.35 bits per heavy atom. The Bertz CT molecular complexity index is 393. The van der Waals surface area contributed by atoms with E-state index in [0.29, 0.717) is 6.42 Å².